The highest BCUT2D eigenvalue weighted by Crippen LogP contribution is 2.29. The Morgan fingerprint density at radius 1 is 1.11 bits per heavy atom. The van der Waals surface area contributed by atoms with Crippen LogP contribution in [0.25, 0.3) is 11.1 Å². The van der Waals surface area contributed by atoms with Gasteiger partial charge in [-0.3, -0.25) is 0 Å². The standard InChI is InChI=1S/C15H13FO2/c1-9-6-7-10(2)12(8-9)11-4-3-5-13(16)14(11)15(17)18/h3-8H,1-2H3,(H,17,18). The van der Waals surface area contributed by atoms with Crippen molar-refractivity contribution in [2.45, 2.75) is 13.8 Å². The summed E-state index contributed by atoms with van der Waals surface area (Å²) in [6, 6.07) is 10.0. The van der Waals surface area contributed by atoms with Crippen LogP contribution in [-0.4, -0.2) is 11.1 Å². The van der Waals surface area contributed by atoms with Gasteiger partial charge in [0.2, 0.25) is 0 Å². The van der Waals surface area contributed by atoms with Crippen molar-refractivity contribution in [1.29, 1.82) is 0 Å². The molecule has 2 rings (SSSR count). The molecule has 0 saturated carbocycles. The third-order valence-electron chi connectivity index (χ3n) is 2.91. The van der Waals surface area contributed by atoms with E-state index in [0.29, 0.717) is 5.56 Å². The lowest BCUT2D eigenvalue weighted by atomic mass is 9.94. The number of carboxylic acid groups (broad SMARTS) is 1. The Hall–Kier alpha value is -2.16. The summed E-state index contributed by atoms with van der Waals surface area (Å²) in [5, 5.41) is 9.13. The van der Waals surface area contributed by atoms with Gasteiger partial charge in [-0.15, -0.1) is 0 Å². The van der Waals surface area contributed by atoms with Gasteiger partial charge in [0, 0.05) is 0 Å². The fraction of sp³-hybridized carbons (Fsp3) is 0.133. The van der Waals surface area contributed by atoms with Gasteiger partial charge in [0.05, 0.1) is 0 Å². The first kappa shape index (κ1) is 12.3. The number of rotatable bonds is 2. The zero-order valence-corrected chi connectivity index (χ0v) is 10.2. The first-order valence-electron chi connectivity index (χ1n) is 5.60. The van der Waals surface area contributed by atoms with Crippen LogP contribution < -0.4 is 0 Å². The Labute approximate surface area is 105 Å². The fourth-order valence-corrected chi connectivity index (χ4v) is 1.99. The van der Waals surface area contributed by atoms with Gasteiger partial charge in [-0.05, 0) is 36.6 Å². The zero-order chi connectivity index (χ0) is 13.3. The zero-order valence-electron chi connectivity index (χ0n) is 10.2. The van der Waals surface area contributed by atoms with Crippen LogP contribution >= 0.6 is 0 Å². The molecule has 3 heteroatoms. The Bertz CT molecular complexity index is 618. The molecule has 92 valence electrons. The van der Waals surface area contributed by atoms with Crippen LogP contribution in [-0.2, 0) is 0 Å². The van der Waals surface area contributed by atoms with E-state index in [1.165, 1.54) is 6.07 Å². The number of halogens is 1. The highest BCUT2D eigenvalue weighted by Gasteiger charge is 2.17. The van der Waals surface area contributed by atoms with Crippen molar-refractivity contribution in [2.24, 2.45) is 0 Å². The second-order valence-electron chi connectivity index (χ2n) is 4.29. The Balaban J connectivity index is 2.75. The molecule has 0 saturated heterocycles. The van der Waals surface area contributed by atoms with Gasteiger partial charge in [-0.2, -0.15) is 0 Å². The predicted octanol–water partition coefficient (Wildman–Crippen LogP) is 3.81. The van der Waals surface area contributed by atoms with Crippen molar-refractivity contribution in [3.05, 3.63) is 58.9 Å². The first-order valence-corrected chi connectivity index (χ1v) is 5.60. The van der Waals surface area contributed by atoms with E-state index in [9.17, 15) is 9.18 Å². The molecule has 0 aromatic heterocycles. The fourth-order valence-electron chi connectivity index (χ4n) is 1.99. The minimum atomic E-state index is -1.25. The van der Waals surface area contributed by atoms with E-state index in [1.54, 1.807) is 6.07 Å². The number of benzene rings is 2. The monoisotopic (exact) mass is 244 g/mol. The van der Waals surface area contributed by atoms with Gasteiger partial charge in [-0.1, -0.05) is 35.9 Å². The molecule has 0 heterocycles. The highest BCUT2D eigenvalue weighted by molar-refractivity contribution is 5.96. The molecule has 0 aliphatic carbocycles. The summed E-state index contributed by atoms with van der Waals surface area (Å²) in [5.41, 5.74) is 2.84. The van der Waals surface area contributed by atoms with E-state index in [-0.39, 0.29) is 5.56 Å². The van der Waals surface area contributed by atoms with Crippen molar-refractivity contribution in [1.82, 2.24) is 0 Å². The van der Waals surface area contributed by atoms with Crippen molar-refractivity contribution in [2.75, 3.05) is 0 Å². The van der Waals surface area contributed by atoms with Gasteiger partial charge >= 0.3 is 5.97 Å². The summed E-state index contributed by atoms with van der Waals surface area (Å²) in [5.74, 6) is -1.95. The molecule has 0 aliphatic rings. The van der Waals surface area contributed by atoms with Crippen LogP contribution in [0.4, 0.5) is 4.39 Å². The van der Waals surface area contributed by atoms with Gasteiger partial charge in [0.15, 0.2) is 0 Å². The Morgan fingerprint density at radius 3 is 2.50 bits per heavy atom. The van der Waals surface area contributed by atoms with E-state index in [4.69, 9.17) is 5.11 Å². The van der Waals surface area contributed by atoms with Gasteiger partial charge in [-0.25, -0.2) is 9.18 Å². The summed E-state index contributed by atoms with van der Waals surface area (Å²) in [7, 11) is 0. The van der Waals surface area contributed by atoms with Crippen LogP contribution in [0.5, 0.6) is 0 Å². The molecule has 2 aromatic carbocycles. The molecule has 2 nitrogen and oxygen atoms in total. The number of aromatic carboxylic acids is 1. The average molecular weight is 244 g/mol. The normalized spacial score (nSPS) is 10.4. The number of aryl methyl sites for hydroxylation is 2. The molecule has 18 heavy (non-hydrogen) atoms. The summed E-state index contributed by atoms with van der Waals surface area (Å²) < 4.78 is 13.6. The minimum Gasteiger partial charge on any atom is -0.478 e. The molecule has 0 amide bonds. The topological polar surface area (TPSA) is 37.3 Å². The molecular formula is C15H13FO2. The summed E-state index contributed by atoms with van der Waals surface area (Å²) >= 11 is 0. The lowest BCUT2D eigenvalue weighted by Gasteiger charge is -2.11. The lowest BCUT2D eigenvalue weighted by Crippen LogP contribution is -2.04. The summed E-state index contributed by atoms with van der Waals surface area (Å²) in [6.45, 7) is 3.80. The number of carbonyl (C=O) groups is 1. The van der Waals surface area contributed by atoms with Crippen molar-refractivity contribution in [3.8, 4) is 11.1 Å². The van der Waals surface area contributed by atoms with Gasteiger partial charge < -0.3 is 5.11 Å². The summed E-state index contributed by atoms with van der Waals surface area (Å²) in [4.78, 5) is 11.2. The van der Waals surface area contributed by atoms with Crippen LogP contribution in [0.1, 0.15) is 21.5 Å². The summed E-state index contributed by atoms with van der Waals surface area (Å²) in [6.07, 6.45) is 0. The van der Waals surface area contributed by atoms with Gasteiger partial charge in [0.1, 0.15) is 11.4 Å². The molecule has 0 bridgehead atoms. The van der Waals surface area contributed by atoms with Crippen LogP contribution in [0.2, 0.25) is 0 Å². The predicted molar refractivity (Wildman–Crippen MR) is 68.3 cm³/mol. The third-order valence-corrected chi connectivity index (χ3v) is 2.91. The van der Waals surface area contributed by atoms with E-state index in [2.05, 4.69) is 0 Å². The van der Waals surface area contributed by atoms with Crippen molar-refractivity contribution >= 4 is 5.97 Å². The molecule has 1 N–H and O–H groups in total. The second-order valence-corrected chi connectivity index (χ2v) is 4.29. The largest absolute Gasteiger partial charge is 0.478 e. The maximum atomic E-state index is 13.6. The quantitative estimate of drug-likeness (QED) is 0.872. The van der Waals surface area contributed by atoms with Crippen LogP contribution in [0.15, 0.2) is 36.4 Å². The average Bonchev–Trinajstić information content (AvgIpc) is 2.31. The van der Waals surface area contributed by atoms with E-state index in [0.717, 1.165) is 22.8 Å². The molecule has 0 fully saturated rings. The third kappa shape index (κ3) is 2.12. The van der Waals surface area contributed by atoms with E-state index < -0.39 is 11.8 Å². The molecule has 0 aliphatic heterocycles. The number of hydrogen-bond donors (Lipinski definition) is 1. The maximum absolute atomic E-state index is 13.6. The lowest BCUT2D eigenvalue weighted by molar-refractivity contribution is 0.0693. The highest BCUT2D eigenvalue weighted by atomic mass is 19.1. The van der Waals surface area contributed by atoms with Gasteiger partial charge in [0.25, 0.3) is 0 Å². The Morgan fingerprint density at radius 2 is 1.83 bits per heavy atom. The molecule has 0 atom stereocenters. The molecular weight excluding hydrogens is 231 g/mol. The van der Waals surface area contributed by atoms with Crippen LogP contribution in [0.3, 0.4) is 0 Å². The Kier molecular flexibility index (Phi) is 3.15. The first-order chi connectivity index (χ1) is 8.50. The van der Waals surface area contributed by atoms with Crippen molar-refractivity contribution in [3.63, 3.8) is 0 Å². The maximum Gasteiger partial charge on any atom is 0.339 e. The smallest absolute Gasteiger partial charge is 0.339 e. The van der Waals surface area contributed by atoms with E-state index in [1.807, 2.05) is 32.0 Å². The number of carboxylic acids is 1. The molecule has 0 unspecified atom stereocenters. The van der Waals surface area contributed by atoms with E-state index >= 15 is 0 Å². The second kappa shape index (κ2) is 4.61. The minimum absolute atomic E-state index is 0.272. The van der Waals surface area contributed by atoms with Crippen molar-refractivity contribution < 1.29 is 14.3 Å². The molecule has 0 spiro atoms. The number of hydrogen-bond acceptors (Lipinski definition) is 1. The molecule has 2 aromatic rings. The van der Waals surface area contributed by atoms with Crippen LogP contribution in [0, 0.1) is 19.7 Å². The molecule has 0 radical (unpaired) electrons. The SMILES string of the molecule is Cc1ccc(C)c(-c2cccc(F)c2C(=O)O)c1.